The third-order valence-electron chi connectivity index (χ3n) is 5.18. The maximum absolute atomic E-state index is 12.3. The number of hydrogen-bond donors (Lipinski definition) is 2. The molecule has 116 valence electrons. The lowest BCUT2D eigenvalue weighted by molar-refractivity contribution is -0.126. The molecule has 0 radical (unpaired) electrons. The minimum absolute atomic E-state index is 0.160. The zero-order valence-corrected chi connectivity index (χ0v) is 13.1. The molecule has 1 heterocycles. The molecule has 2 unspecified atom stereocenters. The molecule has 2 fully saturated rings. The SMILES string of the molecule is CC1CCCN(C(C)CNC(=O)[C@@H]2CCC[C@@H]2CN)C1. The van der Waals surface area contributed by atoms with E-state index in [9.17, 15) is 4.79 Å². The monoisotopic (exact) mass is 281 g/mol. The third kappa shape index (κ3) is 3.95. The van der Waals surface area contributed by atoms with Gasteiger partial charge in [-0.2, -0.15) is 0 Å². The van der Waals surface area contributed by atoms with E-state index >= 15 is 0 Å². The summed E-state index contributed by atoms with van der Waals surface area (Å²) in [6.45, 7) is 8.33. The number of likely N-dealkylation sites (tertiary alicyclic amines) is 1. The molecule has 1 saturated carbocycles. The normalized spacial score (nSPS) is 33.0. The van der Waals surface area contributed by atoms with Crippen molar-refractivity contribution in [3.05, 3.63) is 0 Å². The number of nitrogens with zero attached hydrogens (tertiary/aromatic N) is 1. The highest BCUT2D eigenvalue weighted by Crippen LogP contribution is 2.30. The van der Waals surface area contributed by atoms with Crippen LogP contribution in [-0.4, -0.2) is 43.0 Å². The van der Waals surface area contributed by atoms with Crippen molar-refractivity contribution >= 4 is 5.91 Å². The van der Waals surface area contributed by atoms with Gasteiger partial charge < -0.3 is 11.1 Å². The van der Waals surface area contributed by atoms with Gasteiger partial charge in [0, 0.05) is 25.0 Å². The summed E-state index contributed by atoms with van der Waals surface area (Å²) in [5.41, 5.74) is 5.76. The first-order chi connectivity index (χ1) is 9.61. The highest BCUT2D eigenvalue weighted by Gasteiger charge is 2.32. The van der Waals surface area contributed by atoms with Gasteiger partial charge in [0.1, 0.15) is 0 Å². The molecule has 0 bridgehead atoms. The average molecular weight is 281 g/mol. The van der Waals surface area contributed by atoms with Crippen molar-refractivity contribution in [3.63, 3.8) is 0 Å². The standard InChI is InChI=1S/C16H31N3O/c1-12-5-4-8-19(11-12)13(2)10-18-16(20)15-7-3-6-14(15)9-17/h12-15H,3-11,17H2,1-2H3,(H,18,20)/t12?,13?,14-,15-/m1/s1. The van der Waals surface area contributed by atoms with Crippen LogP contribution in [0.3, 0.4) is 0 Å². The Balaban J connectivity index is 1.75. The molecular weight excluding hydrogens is 250 g/mol. The summed E-state index contributed by atoms with van der Waals surface area (Å²) >= 11 is 0. The summed E-state index contributed by atoms with van der Waals surface area (Å²) < 4.78 is 0. The second kappa shape index (κ2) is 7.41. The fourth-order valence-electron chi connectivity index (χ4n) is 3.80. The molecule has 1 aliphatic heterocycles. The highest BCUT2D eigenvalue weighted by molar-refractivity contribution is 5.79. The maximum Gasteiger partial charge on any atom is 0.223 e. The van der Waals surface area contributed by atoms with E-state index in [0.717, 1.165) is 31.7 Å². The van der Waals surface area contributed by atoms with Crippen molar-refractivity contribution in [2.75, 3.05) is 26.2 Å². The van der Waals surface area contributed by atoms with Gasteiger partial charge in [-0.3, -0.25) is 9.69 Å². The van der Waals surface area contributed by atoms with Crippen molar-refractivity contribution in [3.8, 4) is 0 Å². The molecule has 0 aromatic carbocycles. The van der Waals surface area contributed by atoms with E-state index in [1.54, 1.807) is 0 Å². The summed E-state index contributed by atoms with van der Waals surface area (Å²) in [4.78, 5) is 14.8. The first-order valence-electron chi connectivity index (χ1n) is 8.33. The zero-order chi connectivity index (χ0) is 14.5. The molecule has 1 saturated heterocycles. The highest BCUT2D eigenvalue weighted by atomic mass is 16.1. The molecule has 3 N–H and O–H groups in total. The summed E-state index contributed by atoms with van der Waals surface area (Å²) in [5, 5.41) is 3.16. The van der Waals surface area contributed by atoms with Crippen LogP contribution in [-0.2, 0) is 4.79 Å². The van der Waals surface area contributed by atoms with E-state index in [1.807, 2.05) is 0 Å². The Morgan fingerprint density at radius 1 is 1.35 bits per heavy atom. The zero-order valence-electron chi connectivity index (χ0n) is 13.1. The molecule has 1 amide bonds. The van der Waals surface area contributed by atoms with Crippen molar-refractivity contribution < 1.29 is 4.79 Å². The summed E-state index contributed by atoms with van der Waals surface area (Å²) in [5.74, 6) is 1.58. The number of carbonyl (C=O) groups excluding carboxylic acids is 1. The van der Waals surface area contributed by atoms with Crippen LogP contribution < -0.4 is 11.1 Å². The van der Waals surface area contributed by atoms with E-state index in [1.165, 1.54) is 25.9 Å². The molecule has 20 heavy (non-hydrogen) atoms. The minimum Gasteiger partial charge on any atom is -0.354 e. The Bertz CT molecular complexity index is 321. The maximum atomic E-state index is 12.3. The number of nitrogens with two attached hydrogens (primary N) is 1. The third-order valence-corrected chi connectivity index (χ3v) is 5.18. The molecule has 1 aliphatic carbocycles. The van der Waals surface area contributed by atoms with Gasteiger partial charge in [0.2, 0.25) is 5.91 Å². The van der Waals surface area contributed by atoms with Gasteiger partial charge in [0.05, 0.1) is 0 Å². The van der Waals surface area contributed by atoms with Crippen LogP contribution in [0.4, 0.5) is 0 Å². The van der Waals surface area contributed by atoms with Gasteiger partial charge in [-0.15, -0.1) is 0 Å². The summed E-state index contributed by atoms with van der Waals surface area (Å²) in [6.07, 6.45) is 5.92. The van der Waals surface area contributed by atoms with Crippen LogP contribution in [0.5, 0.6) is 0 Å². The van der Waals surface area contributed by atoms with Gasteiger partial charge in [-0.05, 0) is 57.5 Å². The predicted molar refractivity (Wildman–Crippen MR) is 82.3 cm³/mol. The topological polar surface area (TPSA) is 58.4 Å². The van der Waals surface area contributed by atoms with Crippen molar-refractivity contribution in [1.82, 2.24) is 10.2 Å². The van der Waals surface area contributed by atoms with Crippen LogP contribution in [0.2, 0.25) is 0 Å². The number of rotatable bonds is 5. The van der Waals surface area contributed by atoms with Gasteiger partial charge in [0.25, 0.3) is 0 Å². The molecule has 0 spiro atoms. The van der Waals surface area contributed by atoms with Crippen molar-refractivity contribution in [1.29, 1.82) is 0 Å². The fraction of sp³-hybridized carbons (Fsp3) is 0.938. The second-order valence-electron chi connectivity index (χ2n) is 6.87. The van der Waals surface area contributed by atoms with E-state index < -0.39 is 0 Å². The molecule has 4 atom stereocenters. The lowest BCUT2D eigenvalue weighted by Gasteiger charge is -2.35. The molecule has 2 aliphatic rings. The van der Waals surface area contributed by atoms with Crippen molar-refractivity contribution in [2.24, 2.45) is 23.5 Å². The number of carbonyl (C=O) groups is 1. The first-order valence-corrected chi connectivity index (χ1v) is 8.33. The van der Waals surface area contributed by atoms with Gasteiger partial charge in [-0.25, -0.2) is 0 Å². The smallest absolute Gasteiger partial charge is 0.223 e. The number of piperidine rings is 1. The number of hydrogen-bond acceptors (Lipinski definition) is 3. The molecule has 0 aromatic rings. The Hall–Kier alpha value is -0.610. The van der Waals surface area contributed by atoms with Crippen LogP contribution in [0.15, 0.2) is 0 Å². The average Bonchev–Trinajstić information content (AvgIpc) is 2.92. The Morgan fingerprint density at radius 3 is 2.85 bits per heavy atom. The number of nitrogens with one attached hydrogen (secondary N) is 1. The molecule has 4 nitrogen and oxygen atoms in total. The minimum atomic E-state index is 0.160. The van der Waals surface area contributed by atoms with E-state index in [-0.39, 0.29) is 11.8 Å². The Kier molecular flexibility index (Phi) is 5.85. The van der Waals surface area contributed by atoms with Crippen LogP contribution in [0, 0.1) is 17.8 Å². The Morgan fingerprint density at radius 2 is 2.15 bits per heavy atom. The van der Waals surface area contributed by atoms with Gasteiger partial charge >= 0.3 is 0 Å². The molecule has 4 heteroatoms. The molecular formula is C16H31N3O. The van der Waals surface area contributed by atoms with E-state index in [2.05, 4.69) is 24.1 Å². The largest absolute Gasteiger partial charge is 0.354 e. The predicted octanol–water partition coefficient (Wildman–Crippen LogP) is 1.60. The quantitative estimate of drug-likeness (QED) is 0.805. The first kappa shape index (κ1) is 15.8. The van der Waals surface area contributed by atoms with Crippen LogP contribution in [0.1, 0.15) is 46.0 Å². The second-order valence-corrected chi connectivity index (χ2v) is 6.87. The lowest BCUT2D eigenvalue weighted by Crippen LogP contribution is -2.47. The van der Waals surface area contributed by atoms with Crippen LogP contribution >= 0.6 is 0 Å². The van der Waals surface area contributed by atoms with Crippen molar-refractivity contribution in [2.45, 2.75) is 52.0 Å². The summed E-state index contributed by atoms with van der Waals surface area (Å²) in [7, 11) is 0. The van der Waals surface area contributed by atoms with Gasteiger partial charge in [-0.1, -0.05) is 13.3 Å². The summed E-state index contributed by atoms with van der Waals surface area (Å²) in [6, 6.07) is 0.444. The van der Waals surface area contributed by atoms with E-state index in [4.69, 9.17) is 5.73 Å². The van der Waals surface area contributed by atoms with Gasteiger partial charge in [0.15, 0.2) is 0 Å². The van der Waals surface area contributed by atoms with Crippen LogP contribution in [0.25, 0.3) is 0 Å². The molecule has 2 rings (SSSR count). The molecule has 0 aromatic heterocycles. The fourth-order valence-corrected chi connectivity index (χ4v) is 3.80. The van der Waals surface area contributed by atoms with E-state index in [0.29, 0.717) is 18.5 Å². The Labute approximate surface area is 123 Å². The lowest BCUT2D eigenvalue weighted by atomic mass is 9.95. The number of amides is 1.